The predicted molar refractivity (Wildman–Crippen MR) is 99.9 cm³/mol. The highest BCUT2D eigenvalue weighted by molar-refractivity contribution is 5.87. The van der Waals surface area contributed by atoms with Gasteiger partial charge in [0, 0.05) is 6.08 Å². The van der Waals surface area contributed by atoms with Crippen LogP contribution in [-0.2, 0) is 23.8 Å². The van der Waals surface area contributed by atoms with Gasteiger partial charge >= 0.3 is 11.9 Å². The first kappa shape index (κ1) is 18.4. The fourth-order valence-electron chi connectivity index (χ4n) is 3.55. The zero-order chi connectivity index (χ0) is 19.5. The van der Waals surface area contributed by atoms with Crippen LogP contribution in [0.5, 0.6) is 0 Å². The second-order valence-corrected chi connectivity index (χ2v) is 6.80. The third kappa shape index (κ3) is 3.83. The number of hydrogen-bond donors (Lipinski definition) is 1. The van der Waals surface area contributed by atoms with Crippen LogP contribution >= 0.6 is 0 Å². The van der Waals surface area contributed by atoms with Crippen LogP contribution in [0.3, 0.4) is 0 Å². The number of rotatable bonds is 5. The van der Waals surface area contributed by atoms with E-state index in [0.717, 1.165) is 5.56 Å². The van der Waals surface area contributed by atoms with Gasteiger partial charge in [0.05, 0.1) is 6.42 Å². The van der Waals surface area contributed by atoms with E-state index < -0.39 is 42.5 Å². The summed E-state index contributed by atoms with van der Waals surface area (Å²) in [4.78, 5) is 23.9. The third-order valence-corrected chi connectivity index (χ3v) is 4.89. The Kier molecular flexibility index (Phi) is 5.23. The molecule has 2 saturated heterocycles. The summed E-state index contributed by atoms with van der Waals surface area (Å²) >= 11 is 0. The summed E-state index contributed by atoms with van der Waals surface area (Å²) in [5.41, 5.74) is 1.56. The first-order valence-electron chi connectivity index (χ1n) is 9.13. The maximum absolute atomic E-state index is 12.4. The van der Waals surface area contributed by atoms with Gasteiger partial charge in [-0.25, -0.2) is 4.79 Å². The highest BCUT2D eigenvalue weighted by Gasteiger charge is 2.54. The Morgan fingerprint density at radius 3 is 2.46 bits per heavy atom. The lowest BCUT2D eigenvalue weighted by Crippen LogP contribution is -2.37. The molecule has 2 fully saturated rings. The van der Waals surface area contributed by atoms with Gasteiger partial charge in [-0.15, -0.1) is 0 Å². The molecule has 28 heavy (non-hydrogen) atoms. The van der Waals surface area contributed by atoms with Crippen molar-refractivity contribution in [3.05, 3.63) is 77.9 Å². The quantitative estimate of drug-likeness (QED) is 0.634. The molecule has 0 bridgehead atoms. The van der Waals surface area contributed by atoms with E-state index in [1.807, 2.05) is 48.5 Å². The molecule has 0 radical (unpaired) electrons. The fraction of sp³-hybridized carbons (Fsp3) is 0.273. The summed E-state index contributed by atoms with van der Waals surface area (Å²) < 4.78 is 16.7. The monoisotopic (exact) mass is 380 g/mol. The minimum atomic E-state index is -1.08. The van der Waals surface area contributed by atoms with E-state index in [0.29, 0.717) is 5.56 Å². The highest BCUT2D eigenvalue weighted by atomic mass is 16.6. The van der Waals surface area contributed by atoms with E-state index in [1.165, 1.54) is 6.08 Å². The van der Waals surface area contributed by atoms with Gasteiger partial charge in [-0.2, -0.15) is 0 Å². The summed E-state index contributed by atoms with van der Waals surface area (Å²) in [7, 11) is 0. The Balaban J connectivity index is 1.53. The number of carbonyl (C=O) groups is 2. The van der Waals surface area contributed by atoms with Crippen molar-refractivity contribution in [1.29, 1.82) is 0 Å². The number of hydrogen-bond acceptors (Lipinski definition) is 6. The average Bonchev–Trinajstić information content (AvgIpc) is 3.23. The van der Waals surface area contributed by atoms with E-state index in [4.69, 9.17) is 14.2 Å². The van der Waals surface area contributed by atoms with Gasteiger partial charge in [-0.05, 0) is 17.2 Å². The van der Waals surface area contributed by atoms with Gasteiger partial charge < -0.3 is 19.3 Å². The van der Waals surface area contributed by atoms with Gasteiger partial charge in [0.1, 0.15) is 18.3 Å². The largest absolute Gasteiger partial charge is 0.457 e. The molecular formula is C22H20O6. The second kappa shape index (κ2) is 7.96. The SMILES string of the molecule is O=C(/C=C/c1ccccc1)O[C@@H](c1ccccc1)[C@@H]1O[C@H]2CC(=O)O[C@H]2[C@@H]1O. The lowest BCUT2D eigenvalue weighted by Gasteiger charge is -2.26. The smallest absolute Gasteiger partial charge is 0.331 e. The molecule has 4 rings (SSSR count). The number of fused-ring (bicyclic) bond motifs is 1. The Hall–Kier alpha value is -2.96. The van der Waals surface area contributed by atoms with E-state index in [9.17, 15) is 14.7 Å². The van der Waals surface area contributed by atoms with Crippen molar-refractivity contribution in [2.75, 3.05) is 0 Å². The van der Waals surface area contributed by atoms with Gasteiger partial charge in [0.2, 0.25) is 0 Å². The van der Waals surface area contributed by atoms with Gasteiger partial charge in [-0.3, -0.25) is 4.79 Å². The topological polar surface area (TPSA) is 82.1 Å². The lowest BCUT2D eigenvalue weighted by molar-refractivity contribution is -0.159. The zero-order valence-corrected chi connectivity index (χ0v) is 15.0. The second-order valence-electron chi connectivity index (χ2n) is 6.80. The van der Waals surface area contributed by atoms with Crippen LogP contribution in [0.2, 0.25) is 0 Å². The Bertz CT molecular complexity index is 863. The van der Waals surface area contributed by atoms with E-state index in [2.05, 4.69) is 0 Å². The van der Waals surface area contributed by atoms with Crippen LogP contribution < -0.4 is 0 Å². The van der Waals surface area contributed by atoms with E-state index >= 15 is 0 Å². The van der Waals surface area contributed by atoms with Gasteiger partial charge in [-0.1, -0.05) is 60.7 Å². The van der Waals surface area contributed by atoms with Crippen LogP contribution in [0, 0.1) is 0 Å². The third-order valence-electron chi connectivity index (χ3n) is 4.89. The molecule has 0 spiro atoms. The summed E-state index contributed by atoms with van der Waals surface area (Å²) in [6, 6.07) is 18.5. The van der Waals surface area contributed by atoms with Crippen molar-refractivity contribution in [2.24, 2.45) is 0 Å². The normalized spacial score (nSPS) is 27.4. The lowest BCUT2D eigenvalue weighted by atomic mass is 9.98. The van der Waals surface area contributed by atoms with Gasteiger partial charge in [0.25, 0.3) is 0 Å². The standard InChI is InChI=1S/C22H20O6/c23-17(12-11-14-7-3-1-4-8-14)27-20(15-9-5-2-6-10-15)22-19(25)21-16(26-22)13-18(24)28-21/h1-12,16,19-22,25H,13H2/b12-11+/t16-,19-,20-,21+,22+/m0/s1. The van der Waals surface area contributed by atoms with Gasteiger partial charge in [0.15, 0.2) is 12.2 Å². The predicted octanol–water partition coefficient (Wildman–Crippen LogP) is 2.43. The Labute approximate surface area is 162 Å². The van der Waals surface area contributed by atoms with Crippen molar-refractivity contribution in [3.8, 4) is 0 Å². The molecule has 0 amide bonds. The van der Waals surface area contributed by atoms with Crippen molar-refractivity contribution >= 4 is 18.0 Å². The first-order chi connectivity index (χ1) is 13.6. The maximum Gasteiger partial charge on any atom is 0.331 e. The summed E-state index contributed by atoms with van der Waals surface area (Å²) in [6.45, 7) is 0. The Morgan fingerprint density at radius 1 is 1.11 bits per heavy atom. The minimum Gasteiger partial charge on any atom is -0.457 e. The van der Waals surface area contributed by atoms with Crippen molar-refractivity contribution in [3.63, 3.8) is 0 Å². The highest BCUT2D eigenvalue weighted by Crippen LogP contribution is 2.38. The summed E-state index contributed by atoms with van der Waals surface area (Å²) in [5.74, 6) is -0.950. The number of ether oxygens (including phenoxy) is 3. The van der Waals surface area contributed by atoms with Crippen LogP contribution in [0.25, 0.3) is 6.08 Å². The minimum absolute atomic E-state index is 0.0849. The van der Waals surface area contributed by atoms with Crippen LogP contribution in [0.1, 0.15) is 23.7 Å². The molecule has 0 aliphatic carbocycles. The van der Waals surface area contributed by atoms with E-state index in [-0.39, 0.29) is 6.42 Å². The number of aliphatic hydroxyl groups is 1. The van der Waals surface area contributed by atoms with Crippen LogP contribution in [-0.4, -0.2) is 41.5 Å². The van der Waals surface area contributed by atoms with Crippen molar-refractivity contribution < 1.29 is 28.9 Å². The molecule has 0 unspecified atom stereocenters. The van der Waals surface area contributed by atoms with Crippen LogP contribution in [0.4, 0.5) is 0 Å². The number of benzene rings is 2. The maximum atomic E-state index is 12.4. The molecule has 2 aromatic rings. The molecule has 6 heteroatoms. The van der Waals surface area contributed by atoms with E-state index in [1.54, 1.807) is 18.2 Å². The molecule has 2 aliphatic rings. The molecule has 0 aromatic heterocycles. The van der Waals surface area contributed by atoms with Crippen molar-refractivity contribution in [2.45, 2.75) is 36.9 Å². The summed E-state index contributed by atoms with van der Waals surface area (Å²) in [6.07, 6.45) is -0.901. The molecule has 6 nitrogen and oxygen atoms in total. The molecule has 5 atom stereocenters. The Morgan fingerprint density at radius 2 is 1.79 bits per heavy atom. The average molecular weight is 380 g/mol. The molecular weight excluding hydrogens is 360 g/mol. The number of aliphatic hydroxyl groups excluding tert-OH is 1. The van der Waals surface area contributed by atoms with Crippen molar-refractivity contribution in [1.82, 2.24) is 0 Å². The molecule has 144 valence electrons. The number of carbonyl (C=O) groups excluding carboxylic acids is 2. The number of esters is 2. The molecule has 2 aliphatic heterocycles. The first-order valence-corrected chi connectivity index (χ1v) is 9.13. The summed E-state index contributed by atoms with van der Waals surface area (Å²) in [5, 5.41) is 10.6. The fourth-order valence-corrected chi connectivity index (χ4v) is 3.55. The molecule has 1 N–H and O–H groups in total. The molecule has 2 heterocycles. The molecule has 0 saturated carbocycles. The zero-order valence-electron chi connectivity index (χ0n) is 15.0. The van der Waals surface area contributed by atoms with Crippen LogP contribution in [0.15, 0.2) is 66.7 Å². The molecule has 2 aromatic carbocycles.